The summed E-state index contributed by atoms with van der Waals surface area (Å²) >= 11 is 0. The second-order valence-electron chi connectivity index (χ2n) is 6.33. The smallest absolute Gasteiger partial charge is 0.265 e. The summed E-state index contributed by atoms with van der Waals surface area (Å²) in [6.45, 7) is 3.92. The van der Waals surface area contributed by atoms with E-state index in [1.807, 2.05) is 25.1 Å². The lowest BCUT2D eigenvalue weighted by Gasteiger charge is -2.13. The third-order valence-electron chi connectivity index (χ3n) is 4.29. The molecule has 0 spiro atoms. The van der Waals surface area contributed by atoms with E-state index in [0.29, 0.717) is 17.3 Å². The van der Waals surface area contributed by atoms with Crippen molar-refractivity contribution in [3.63, 3.8) is 0 Å². The van der Waals surface area contributed by atoms with E-state index >= 15 is 0 Å². The average Bonchev–Trinajstić information content (AvgIpc) is 2.69. The van der Waals surface area contributed by atoms with Crippen LogP contribution in [0.1, 0.15) is 18.1 Å². The van der Waals surface area contributed by atoms with Gasteiger partial charge in [-0.15, -0.1) is 0 Å². The van der Waals surface area contributed by atoms with Crippen LogP contribution >= 0.6 is 0 Å². The molecule has 0 fully saturated rings. The highest BCUT2D eigenvalue weighted by atomic mass is 32.2. The van der Waals surface area contributed by atoms with Gasteiger partial charge in [0.1, 0.15) is 16.5 Å². The van der Waals surface area contributed by atoms with Crippen LogP contribution in [0.5, 0.6) is 5.75 Å². The SMILES string of the molecule is CCc1ccccc1Nc1ccc(NS(=O)(=O)c2cc(C)ccc2OC)cn1. The lowest BCUT2D eigenvalue weighted by atomic mass is 10.1. The number of hydrogen-bond acceptors (Lipinski definition) is 5. The van der Waals surface area contributed by atoms with Crippen molar-refractivity contribution >= 4 is 27.2 Å². The highest BCUT2D eigenvalue weighted by Crippen LogP contribution is 2.27. The molecule has 0 saturated carbocycles. The molecule has 0 bridgehead atoms. The van der Waals surface area contributed by atoms with Gasteiger partial charge in [-0.3, -0.25) is 4.72 Å². The maximum absolute atomic E-state index is 12.8. The Hall–Kier alpha value is -3.06. The summed E-state index contributed by atoms with van der Waals surface area (Å²) < 4.78 is 33.3. The number of sulfonamides is 1. The Labute approximate surface area is 165 Å². The van der Waals surface area contributed by atoms with Crippen LogP contribution in [0.4, 0.5) is 17.2 Å². The predicted octanol–water partition coefficient (Wildman–Crippen LogP) is 4.51. The van der Waals surface area contributed by atoms with Gasteiger partial charge in [0.05, 0.1) is 19.0 Å². The number of methoxy groups -OCH3 is 1. The van der Waals surface area contributed by atoms with E-state index in [-0.39, 0.29) is 4.90 Å². The monoisotopic (exact) mass is 397 g/mol. The van der Waals surface area contributed by atoms with Gasteiger partial charge in [0.25, 0.3) is 10.0 Å². The Morgan fingerprint density at radius 2 is 1.86 bits per heavy atom. The Balaban J connectivity index is 1.80. The average molecular weight is 398 g/mol. The molecule has 0 aliphatic rings. The number of nitrogens with zero attached hydrogens (tertiary/aromatic N) is 1. The van der Waals surface area contributed by atoms with Crippen LogP contribution in [0, 0.1) is 6.92 Å². The maximum atomic E-state index is 12.8. The van der Waals surface area contributed by atoms with Crippen LogP contribution < -0.4 is 14.8 Å². The lowest BCUT2D eigenvalue weighted by Crippen LogP contribution is -2.14. The van der Waals surface area contributed by atoms with Gasteiger partial charge in [0, 0.05) is 5.69 Å². The Morgan fingerprint density at radius 1 is 1.07 bits per heavy atom. The summed E-state index contributed by atoms with van der Waals surface area (Å²) in [5.41, 5.74) is 3.36. The maximum Gasteiger partial charge on any atom is 0.265 e. The Morgan fingerprint density at radius 3 is 2.54 bits per heavy atom. The number of ether oxygens (including phenoxy) is 1. The topological polar surface area (TPSA) is 80.3 Å². The number of para-hydroxylation sites is 1. The van der Waals surface area contributed by atoms with Crippen molar-refractivity contribution in [1.82, 2.24) is 4.98 Å². The molecule has 0 atom stereocenters. The van der Waals surface area contributed by atoms with Crippen molar-refractivity contribution in [2.75, 3.05) is 17.1 Å². The molecule has 146 valence electrons. The quantitative estimate of drug-likeness (QED) is 0.613. The molecule has 0 amide bonds. The van der Waals surface area contributed by atoms with E-state index in [1.54, 1.807) is 30.3 Å². The standard InChI is InChI=1S/C21H23N3O3S/c1-4-16-7-5-6-8-18(16)23-21-12-10-17(14-22-21)24-28(25,26)20-13-15(2)9-11-19(20)27-3/h5-14,24H,4H2,1-3H3,(H,22,23). The summed E-state index contributed by atoms with van der Waals surface area (Å²) in [7, 11) is -2.35. The van der Waals surface area contributed by atoms with E-state index in [1.165, 1.54) is 18.9 Å². The van der Waals surface area contributed by atoms with Crippen LogP contribution in [0.15, 0.2) is 65.7 Å². The molecule has 0 unspecified atom stereocenters. The summed E-state index contributed by atoms with van der Waals surface area (Å²) in [5.74, 6) is 0.928. The highest BCUT2D eigenvalue weighted by molar-refractivity contribution is 7.92. The summed E-state index contributed by atoms with van der Waals surface area (Å²) in [4.78, 5) is 4.41. The van der Waals surface area contributed by atoms with Crippen LogP contribution in [-0.4, -0.2) is 20.5 Å². The molecule has 3 rings (SSSR count). The van der Waals surface area contributed by atoms with Gasteiger partial charge in [-0.1, -0.05) is 31.2 Å². The molecule has 1 heterocycles. The van der Waals surface area contributed by atoms with E-state index in [4.69, 9.17) is 4.74 Å². The van der Waals surface area contributed by atoms with Crippen molar-refractivity contribution < 1.29 is 13.2 Å². The van der Waals surface area contributed by atoms with Gasteiger partial charge in [0.15, 0.2) is 0 Å². The summed E-state index contributed by atoms with van der Waals surface area (Å²) in [6.07, 6.45) is 2.39. The lowest BCUT2D eigenvalue weighted by molar-refractivity contribution is 0.402. The first-order valence-electron chi connectivity index (χ1n) is 8.91. The van der Waals surface area contributed by atoms with Gasteiger partial charge >= 0.3 is 0 Å². The molecular formula is C21H23N3O3S. The minimum atomic E-state index is -3.80. The molecule has 0 aliphatic heterocycles. The molecule has 3 aromatic rings. The molecular weight excluding hydrogens is 374 g/mol. The first-order valence-corrected chi connectivity index (χ1v) is 10.4. The van der Waals surface area contributed by atoms with E-state index in [2.05, 4.69) is 28.0 Å². The second kappa shape index (κ2) is 8.31. The third-order valence-corrected chi connectivity index (χ3v) is 5.69. The fraction of sp³-hybridized carbons (Fsp3) is 0.190. The summed E-state index contributed by atoms with van der Waals surface area (Å²) in [5, 5.41) is 3.26. The number of hydrogen-bond donors (Lipinski definition) is 2. The number of anilines is 3. The van der Waals surface area contributed by atoms with Gasteiger partial charge in [-0.25, -0.2) is 13.4 Å². The first-order chi connectivity index (χ1) is 13.4. The van der Waals surface area contributed by atoms with Crippen molar-refractivity contribution in [3.05, 3.63) is 71.9 Å². The van der Waals surface area contributed by atoms with Crippen LogP contribution in [0.2, 0.25) is 0 Å². The fourth-order valence-electron chi connectivity index (χ4n) is 2.82. The number of aromatic nitrogens is 1. The Kier molecular flexibility index (Phi) is 5.84. The molecule has 1 aromatic heterocycles. The number of nitrogens with one attached hydrogen (secondary N) is 2. The molecule has 28 heavy (non-hydrogen) atoms. The normalized spacial score (nSPS) is 11.1. The van der Waals surface area contributed by atoms with Crippen molar-refractivity contribution in [1.29, 1.82) is 0 Å². The van der Waals surface area contributed by atoms with Crippen molar-refractivity contribution in [2.45, 2.75) is 25.2 Å². The largest absolute Gasteiger partial charge is 0.495 e. The minimum absolute atomic E-state index is 0.0917. The van der Waals surface area contributed by atoms with E-state index < -0.39 is 10.0 Å². The molecule has 0 radical (unpaired) electrons. The Bertz CT molecular complexity index is 1060. The van der Waals surface area contributed by atoms with Gasteiger partial charge in [-0.05, 0) is 54.8 Å². The third kappa shape index (κ3) is 4.43. The van der Waals surface area contributed by atoms with Gasteiger partial charge < -0.3 is 10.1 Å². The van der Waals surface area contributed by atoms with Crippen LogP contribution in [0.3, 0.4) is 0 Å². The van der Waals surface area contributed by atoms with Gasteiger partial charge in [-0.2, -0.15) is 0 Å². The first kappa shape index (κ1) is 19.7. The zero-order chi connectivity index (χ0) is 20.1. The van der Waals surface area contributed by atoms with E-state index in [0.717, 1.165) is 17.7 Å². The van der Waals surface area contributed by atoms with Crippen molar-refractivity contribution in [3.8, 4) is 5.75 Å². The number of rotatable bonds is 7. The van der Waals surface area contributed by atoms with Crippen LogP contribution in [-0.2, 0) is 16.4 Å². The predicted molar refractivity (Wildman–Crippen MR) is 112 cm³/mol. The zero-order valence-electron chi connectivity index (χ0n) is 16.1. The summed E-state index contributed by atoms with van der Waals surface area (Å²) in [6, 6.07) is 16.4. The van der Waals surface area contributed by atoms with E-state index in [9.17, 15) is 8.42 Å². The second-order valence-corrected chi connectivity index (χ2v) is 7.98. The molecule has 2 N–H and O–H groups in total. The number of benzene rings is 2. The molecule has 0 aliphatic carbocycles. The number of pyridine rings is 1. The van der Waals surface area contributed by atoms with Crippen LogP contribution in [0.25, 0.3) is 0 Å². The molecule has 7 heteroatoms. The molecule has 6 nitrogen and oxygen atoms in total. The van der Waals surface area contributed by atoms with Gasteiger partial charge in [0.2, 0.25) is 0 Å². The highest BCUT2D eigenvalue weighted by Gasteiger charge is 2.20. The fourth-order valence-corrected chi connectivity index (χ4v) is 4.12. The number of aryl methyl sites for hydroxylation is 2. The zero-order valence-corrected chi connectivity index (χ0v) is 16.9. The molecule has 0 saturated heterocycles. The van der Waals surface area contributed by atoms with Crippen molar-refractivity contribution in [2.24, 2.45) is 0 Å². The minimum Gasteiger partial charge on any atom is -0.495 e. The molecule has 2 aromatic carbocycles.